The van der Waals surface area contributed by atoms with Gasteiger partial charge in [0.15, 0.2) is 0 Å². The van der Waals surface area contributed by atoms with Gasteiger partial charge in [-0.15, -0.1) is 0 Å². The van der Waals surface area contributed by atoms with Crippen LogP contribution in [0.4, 0.5) is 0 Å². The van der Waals surface area contributed by atoms with Gasteiger partial charge in [-0.1, -0.05) is 23.7 Å². The van der Waals surface area contributed by atoms with E-state index in [4.69, 9.17) is 17.3 Å². The summed E-state index contributed by atoms with van der Waals surface area (Å²) in [5.41, 5.74) is 5.59. The molecule has 19 heavy (non-hydrogen) atoms. The van der Waals surface area contributed by atoms with Crippen LogP contribution in [0.2, 0.25) is 5.02 Å². The second-order valence-corrected chi connectivity index (χ2v) is 4.57. The lowest BCUT2D eigenvalue weighted by Crippen LogP contribution is -2.40. The molecule has 0 radical (unpaired) electrons. The fourth-order valence-electron chi connectivity index (χ4n) is 1.84. The highest BCUT2D eigenvalue weighted by Gasteiger charge is 2.05. The van der Waals surface area contributed by atoms with Crippen LogP contribution in [0.3, 0.4) is 0 Å². The fourth-order valence-corrected chi connectivity index (χ4v) is 2.06. The number of benzene rings is 1. The van der Waals surface area contributed by atoms with Crippen LogP contribution in [0.25, 0.3) is 0 Å². The third-order valence-electron chi connectivity index (χ3n) is 2.73. The Balaban J connectivity index is 2.39. The van der Waals surface area contributed by atoms with Crippen LogP contribution < -0.4 is 17.0 Å². The Hall–Kier alpha value is -1.85. The third kappa shape index (κ3) is 3.13. The van der Waals surface area contributed by atoms with E-state index >= 15 is 0 Å². The predicted octanol–water partition coefficient (Wildman–Crippen LogP) is 0.670. The van der Waals surface area contributed by atoms with Crippen LogP contribution in [0, 0.1) is 0 Å². The average Bonchev–Trinajstić information content (AvgIpc) is 2.38. The highest BCUT2D eigenvalue weighted by Crippen LogP contribution is 2.10. The molecule has 0 saturated carbocycles. The number of nitrogens with zero attached hydrogens (tertiary/aromatic N) is 2. The third-order valence-corrected chi connectivity index (χ3v) is 2.97. The molecule has 0 atom stereocenters. The molecule has 2 rings (SSSR count). The van der Waals surface area contributed by atoms with E-state index in [1.165, 1.54) is 16.8 Å². The molecule has 0 aliphatic heterocycles. The van der Waals surface area contributed by atoms with Gasteiger partial charge in [0.1, 0.15) is 0 Å². The first-order chi connectivity index (χ1) is 9.11. The van der Waals surface area contributed by atoms with E-state index in [1.54, 1.807) is 12.1 Å². The summed E-state index contributed by atoms with van der Waals surface area (Å²) in [5, 5.41) is 0.612. The lowest BCUT2D eigenvalue weighted by molar-refractivity contribution is 0.579. The van der Waals surface area contributed by atoms with Crippen molar-refractivity contribution >= 4 is 11.6 Å². The van der Waals surface area contributed by atoms with Crippen LogP contribution in [0.5, 0.6) is 0 Å². The van der Waals surface area contributed by atoms with Gasteiger partial charge in [0.2, 0.25) is 0 Å². The van der Waals surface area contributed by atoms with Gasteiger partial charge in [-0.05, 0) is 17.7 Å². The molecule has 6 heteroatoms. The van der Waals surface area contributed by atoms with Crippen molar-refractivity contribution in [1.82, 2.24) is 9.13 Å². The number of hydrogen-bond donors (Lipinski definition) is 1. The van der Waals surface area contributed by atoms with Crippen LogP contribution in [-0.4, -0.2) is 15.7 Å². The zero-order chi connectivity index (χ0) is 13.8. The summed E-state index contributed by atoms with van der Waals surface area (Å²) in [5.74, 6) is 0. The second-order valence-electron chi connectivity index (χ2n) is 4.13. The minimum Gasteiger partial charge on any atom is -0.329 e. The van der Waals surface area contributed by atoms with E-state index < -0.39 is 0 Å². The molecule has 0 spiro atoms. The van der Waals surface area contributed by atoms with Crippen LogP contribution in [0.15, 0.2) is 46.1 Å². The zero-order valence-electron chi connectivity index (χ0n) is 10.3. The molecule has 0 amide bonds. The molecule has 2 N–H and O–H groups in total. The maximum atomic E-state index is 12.1. The highest BCUT2D eigenvalue weighted by atomic mass is 35.5. The minimum absolute atomic E-state index is 0.216. The highest BCUT2D eigenvalue weighted by molar-refractivity contribution is 6.30. The Morgan fingerprint density at radius 3 is 2.68 bits per heavy atom. The normalized spacial score (nSPS) is 10.6. The van der Waals surface area contributed by atoms with Gasteiger partial charge < -0.3 is 5.73 Å². The Morgan fingerprint density at radius 2 is 2.00 bits per heavy atom. The molecule has 0 unspecified atom stereocenters. The quantitative estimate of drug-likeness (QED) is 0.894. The van der Waals surface area contributed by atoms with Crippen molar-refractivity contribution in [2.24, 2.45) is 5.73 Å². The number of rotatable bonds is 4. The minimum atomic E-state index is -0.363. The topological polar surface area (TPSA) is 70.0 Å². The number of aromatic nitrogens is 2. The van der Waals surface area contributed by atoms with Gasteiger partial charge in [0.05, 0.1) is 6.54 Å². The number of nitrogens with two attached hydrogens (primary N) is 1. The maximum Gasteiger partial charge on any atom is 0.331 e. The van der Waals surface area contributed by atoms with Gasteiger partial charge in [0, 0.05) is 30.4 Å². The summed E-state index contributed by atoms with van der Waals surface area (Å²) in [6, 6.07) is 8.60. The van der Waals surface area contributed by atoms with Crippen molar-refractivity contribution in [3.63, 3.8) is 0 Å². The molecule has 2 aromatic rings. The van der Waals surface area contributed by atoms with Gasteiger partial charge in [0.25, 0.3) is 5.56 Å². The molecule has 100 valence electrons. The van der Waals surface area contributed by atoms with Crippen molar-refractivity contribution in [3.8, 4) is 0 Å². The summed E-state index contributed by atoms with van der Waals surface area (Å²) in [6.45, 7) is 0.828. The first kappa shape index (κ1) is 13.6. The van der Waals surface area contributed by atoms with Gasteiger partial charge in [-0.25, -0.2) is 4.79 Å². The zero-order valence-corrected chi connectivity index (χ0v) is 11.0. The predicted molar refractivity (Wildman–Crippen MR) is 74.6 cm³/mol. The molecule has 0 fully saturated rings. The Morgan fingerprint density at radius 1 is 1.21 bits per heavy atom. The number of hydrogen-bond acceptors (Lipinski definition) is 3. The largest absolute Gasteiger partial charge is 0.331 e. The second kappa shape index (κ2) is 5.86. The van der Waals surface area contributed by atoms with E-state index in [-0.39, 0.29) is 24.3 Å². The summed E-state index contributed by atoms with van der Waals surface area (Å²) < 4.78 is 2.59. The molecular weight excluding hydrogens is 266 g/mol. The summed E-state index contributed by atoms with van der Waals surface area (Å²) in [4.78, 5) is 23.7. The fraction of sp³-hybridized carbons (Fsp3) is 0.231. The van der Waals surface area contributed by atoms with Gasteiger partial charge in [-0.2, -0.15) is 0 Å². The molecule has 0 aliphatic carbocycles. The Kier molecular flexibility index (Phi) is 4.19. The van der Waals surface area contributed by atoms with Crippen molar-refractivity contribution in [1.29, 1.82) is 0 Å². The molecule has 0 aliphatic rings. The van der Waals surface area contributed by atoms with Crippen LogP contribution in [0.1, 0.15) is 5.56 Å². The van der Waals surface area contributed by atoms with Crippen LogP contribution >= 0.6 is 11.6 Å². The molecular formula is C13H14ClN3O2. The molecule has 1 aromatic heterocycles. The SMILES string of the molecule is NCCn1c(=O)ccn(Cc2cccc(Cl)c2)c1=O. The van der Waals surface area contributed by atoms with E-state index in [1.807, 2.05) is 12.1 Å². The lowest BCUT2D eigenvalue weighted by atomic mass is 10.2. The summed E-state index contributed by atoms with van der Waals surface area (Å²) in [7, 11) is 0. The van der Waals surface area contributed by atoms with E-state index in [2.05, 4.69) is 0 Å². The summed E-state index contributed by atoms with van der Waals surface area (Å²) in [6.07, 6.45) is 1.48. The Bertz CT molecular complexity index is 691. The lowest BCUT2D eigenvalue weighted by Gasteiger charge is -2.09. The molecule has 0 saturated heterocycles. The van der Waals surface area contributed by atoms with Gasteiger partial charge in [-0.3, -0.25) is 13.9 Å². The van der Waals surface area contributed by atoms with Crippen molar-refractivity contribution < 1.29 is 0 Å². The smallest absolute Gasteiger partial charge is 0.329 e. The van der Waals surface area contributed by atoms with E-state index in [0.29, 0.717) is 11.6 Å². The Labute approximate surface area is 114 Å². The van der Waals surface area contributed by atoms with E-state index in [9.17, 15) is 9.59 Å². The standard InChI is InChI=1S/C13H14ClN3O2/c14-11-3-1-2-10(8-11)9-16-6-4-12(18)17(7-5-15)13(16)19/h1-4,6,8H,5,7,9,15H2. The van der Waals surface area contributed by atoms with Crippen molar-refractivity contribution in [3.05, 3.63) is 68.0 Å². The average molecular weight is 280 g/mol. The number of halogens is 1. The molecule has 0 bridgehead atoms. The van der Waals surface area contributed by atoms with Gasteiger partial charge >= 0.3 is 5.69 Å². The maximum absolute atomic E-state index is 12.1. The van der Waals surface area contributed by atoms with Crippen molar-refractivity contribution in [2.75, 3.05) is 6.54 Å². The van der Waals surface area contributed by atoms with E-state index in [0.717, 1.165) is 10.1 Å². The van der Waals surface area contributed by atoms with Crippen LogP contribution in [-0.2, 0) is 13.1 Å². The molecule has 1 heterocycles. The van der Waals surface area contributed by atoms with Crippen molar-refractivity contribution in [2.45, 2.75) is 13.1 Å². The first-order valence-electron chi connectivity index (χ1n) is 5.86. The molecule has 5 nitrogen and oxygen atoms in total. The monoisotopic (exact) mass is 279 g/mol. The first-order valence-corrected chi connectivity index (χ1v) is 6.24. The molecule has 1 aromatic carbocycles. The summed E-state index contributed by atoms with van der Waals surface area (Å²) >= 11 is 5.90.